The van der Waals surface area contributed by atoms with Gasteiger partial charge in [0.1, 0.15) is 0 Å². The Hall–Kier alpha value is -2.93. The van der Waals surface area contributed by atoms with E-state index in [1.54, 1.807) is 0 Å². The Labute approximate surface area is 164 Å². The van der Waals surface area contributed by atoms with E-state index >= 15 is 0 Å². The Balaban J connectivity index is 1.40. The van der Waals surface area contributed by atoms with Gasteiger partial charge in [-0.3, -0.25) is 4.79 Å². The standard InChI is InChI=1S/C21H25N5O2/c1-16-14-17(4-5-20(16)24-9-2-3-10-24)21(28)25-11-6-19(7-12-25)26-15-18(8-13-27)22-23-26/h2-5,9-10,14-15,19,27H,6-8,11-13H2,1H3. The number of aliphatic hydroxyl groups is 1. The van der Waals surface area contributed by atoms with Crippen LogP contribution < -0.4 is 0 Å². The zero-order chi connectivity index (χ0) is 19.5. The molecule has 0 spiro atoms. The predicted molar refractivity (Wildman–Crippen MR) is 105 cm³/mol. The summed E-state index contributed by atoms with van der Waals surface area (Å²) in [7, 11) is 0. The maximum atomic E-state index is 12.9. The number of piperidine rings is 1. The monoisotopic (exact) mass is 379 g/mol. The average molecular weight is 379 g/mol. The van der Waals surface area contributed by atoms with E-state index in [0.717, 1.165) is 35.3 Å². The van der Waals surface area contributed by atoms with Crippen molar-refractivity contribution in [2.75, 3.05) is 19.7 Å². The van der Waals surface area contributed by atoms with Gasteiger partial charge in [-0.05, 0) is 55.7 Å². The van der Waals surface area contributed by atoms with Gasteiger partial charge in [0, 0.05) is 56.0 Å². The molecule has 1 fully saturated rings. The third kappa shape index (κ3) is 3.71. The summed E-state index contributed by atoms with van der Waals surface area (Å²) in [6.07, 6.45) is 8.15. The SMILES string of the molecule is Cc1cc(C(=O)N2CCC(n3cc(CCO)nn3)CC2)ccc1-n1cccc1. The topological polar surface area (TPSA) is 76.2 Å². The number of carbonyl (C=O) groups excluding carboxylic acids is 1. The number of hydrogen-bond donors (Lipinski definition) is 1. The van der Waals surface area contributed by atoms with Crippen molar-refractivity contribution in [3.8, 4) is 5.69 Å². The van der Waals surface area contributed by atoms with Gasteiger partial charge in [0.05, 0.1) is 11.7 Å². The molecule has 146 valence electrons. The van der Waals surface area contributed by atoms with Crippen LogP contribution in [0.15, 0.2) is 48.9 Å². The molecule has 2 aromatic heterocycles. The van der Waals surface area contributed by atoms with Crippen molar-refractivity contribution in [3.63, 3.8) is 0 Å². The number of benzene rings is 1. The number of amides is 1. The van der Waals surface area contributed by atoms with Gasteiger partial charge in [-0.1, -0.05) is 5.21 Å². The minimum atomic E-state index is 0.0776. The maximum absolute atomic E-state index is 12.9. The Morgan fingerprint density at radius 3 is 2.64 bits per heavy atom. The predicted octanol–water partition coefficient (Wildman–Crippen LogP) is 2.39. The lowest BCUT2D eigenvalue weighted by Gasteiger charge is -2.32. The summed E-state index contributed by atoms with van der Waals surface area (Å²) in [5.74, 6) is 0.0835. The Bertz CT molecular complexity index is 940. The van der Waals surface area contributed by atoms with E-state index in [9.17, 15) is 4.79 Å². The zero-order valence-corrected chi connectivity index (χ0v) is 16.0. The van der Waals surface area contributed by atoms with Crippen LogP contribution in [0.4, 0.5) is 0 Å². The van der Waals surface area contributed by atoms with E-state index in [-0.39, 0.29) is 18.6 Å². The van der Waals surface area contributed by atoms with E-state index in [4.69, 9.17) is 5.11 Å². The molecule has 0 unspecified atom stereocenters. The molecule has 4 rings (SSSR count). The molecule has 28 heavy (non-hydrogen) atoms. The van der Waals surface area contributed by atoms with Gasteiger partial charge >= 0.3 is 0 Å². The smallest absolute Gasteiger partial charge is 0.253 e. The third-order valence-corrected chi connectivity index (χ3v) is 5.38. The number of aromatic nitrogens is 4. The van der Waals surface area contributed by atoms with Crippen LogP contribution in [0, 0.1) is 6.92 Å². The third-order valence-electron chi connectivity index (χ3n) is 5.38. The van der Waals surface area contributed by atoms with Gasteiger partial charge in [0.15, 0.2) is 0 Å². The molecule has 0 atom stereocenters. The van der Waals surface area contributed by atoms with Crippen LogP contribution in [0.1, 0.15) is 40.5 Å². The highest BCUT2D eigenvalue weighted by Gasteiger charge is 2.25. The lowest BCUT2D eigenvalue weighted by Crippen LogP contribution is -2.39. The van der Waals surface area contributed by atoms with Crippen molar-refractivity contribution in [2.24, 2.45) is 0 Å². The summed E-state index contributed by atoms with van der Waals surface area (Å²) in [4.78, 5) is 14.9. The lowest BCUT2D eigenvalue weighted by molar-refractivity contribution is 0.0689. The molecule has 7 heteroatoms. The summed E-state index contributed by atoms with van der Waals surface area (Å²) in [5, 5.41) is 17.3. The fraction of sp³-hybridized carbons (Fsp3) is 0.381. The molecule has 0 radical (unpaired) electrons. The lowest BCUT2D eigenvalue weighted by atomic mass is 10.0. The Morgan fingerprint density at radius 1 is 1.21 bits per heavy atom. The fourth-order valence-corrected chi connectivity index (χ4v) is 3.81. The van der Waals surface area contributed by atoms with Crippen LogP contribution in [0.2, 0.25) is 0 Å². The zero-order valence-electron chi connectivity index (χ0n) is 16.0. The summed E-state index contributed by atoms with van der Waals surface area (Å²) in [6.45, 7) is 3.52. The van der Waals surface area contributed by atoms with E-state index < -0.39 is 0 Å². The number of likely N-dealkylation sites (tertiary alicyclic amines) is 1. The molecular formula is C21H25N5O2. The van der Waals surface area contributed by atoms with Crippen LogP contribution >= 0.6 is 0 Å². The van der Waals surface area contributed by atoms with E-state index in [0.29, 0.717) is 19.5 Å². The van der Waals surface area contributed by atoms with Gasteiger partial charge in [-0.2, -0.15) is 0 Å². The number of hydrogen-bond acceptors (Lipinski definition) is 4. The van der Waals surface area contributed by atoms with Crippen molar-refractivity contribution < 1.29 is 9.90 Å². The second-order valence-corrected chi connectivity index (χ2v) is 7.28. The highest BCUT2D eigenvalue weighted by molar-refractivity contribution is 5.94. The summed E-state index contributed by atoms with van der Waals surface area (Å²) in [6, 6.07) is 10.1. The van der Waals surface area contributed by atoms with Crippen LogP contribution in [0.5, 0.6) is 0 Å². The molecule has 1 amide bonds. The number of carbonyl (C=O) groups is 1. The number of nitrogens with zero attached hydrogens (tertiary/aromatic N) is 5. The van der Waals surface area contributed by atoms with Crippen LogP contribution in [0.3, 0.4) is 0 Å². The maximum Gasteiger partial charge on any atom is 0.253 e. The van der Waals surface area contributed by atoms with Crippen molar-refractivity contribution >= 4 is 5.91 Å². The molecule has 1 saturated heterocycles. The first-order valence-electron chi connectivity index (χ1n) is 9.70. The summed E-state index contributed by atoms with van der Waals surface area (Å²) in [5.41, 5.74) is 3.71. The first kappa shape index (κ1) is 18.4. The van der Waals surface area contributed by atoms with Gasteiger partial charge in [-0.15, -0.1) is 5.10 Å². The molecule has 1 aliphatic heterocycles. The number of aryl methyl sites for hydroxylation is 1. The van der Waals surface area contributed by atoms with Gasteiger partial charge in [0.2, 0.25) is 0 Å². The Morgan fingerprint density at radius 2 is 1.96 bits per heavy atom. The Kier molecular flexibility index (Phi) is 5.25. The molecule has 7 nitrogen and oxygen atoms in total. The second-order valence-electron chi connectivity index (χ2n) is 7.28. The van der Waals surface area contributed by atoms with Crippen molar-refractivity contribution in [3.05, 3.63) is 65.7 Å². The van der Waals surface area contributed by atoms with Crippen LogP contribution in [-0.2, 0) is 6.42 Å². The van der Waals surface area contributed by atoms with Crippen molar-refractivity contribution in [1.82, 2.24) is 24.5 Å². The second kappa shape index (κ2) is 7.98. The molecule has 1 N–H and O–H groups in total. The highest BCUT2D eigenvalue weighted by atomic mass is 16.3. The van der Waals surface area contributed by atoms with Gasteiger partial charge < -0.3 is 14.6 Å². The summed E-state index contributed by atoms with van der Waals surface area (Å²) < 4.78 is 3.93. The molecule has 0 aliphatic carbocycles. The molecule has 1 aromatic carbocycles. The fourth-order valence-electron chi connectivity index (χ4n) is 3.81. The quantitative estimate of drug-likeness (QED) is 0.739. The minimum absolute atomic E-state index is 0.0776. The molecule has 3 aromatic rings. The van der Waals surface area contributed by atoms with Gasteiger partial charge in [0.25, 0.3) is 5.91 Å². The normalized spacial score (nSPS) is 15.1. The molecule has 0 bridgehead atoms. The first-order valence-corrected chi connectivity index (χ1v) is 9.70. The van der Waals surface area contributed by atoms with E-state index in [2.05, 4.69) is 14.9 Å². The van der Waals surface area contributed by atoms with Crippen molar-refractivity contribution in [1.29, 1.82) is 0 Å². The molecule has 0 saturated carbocycles. The van der Waals surface area contributed by atoms with Crippen molar-refractivity contribution in [2.45, 2.75) is 32.2 Å². The largest absolute Gasteiger partial charge is 0.396 e. The average Bonchev–Trinajstić information content (AvgIpc) is 3.40. The highest BCUT2D eigenvalue weighted by Crippen LogP contribution is 2.24. The van der Waals surface area contributed by atoms with Crippen LogP contribution in [0.25, 0.3) is 5.69 Å². The molecule has 3 heterocycles. The number of rotatable bonds is 5. The number of aliphatic hydroxyl groups excluding tert-OH is 1. The van der Waals surface area contributed by atoms with Gasteiger partial charge in [-0.25, -0.2) is 4.68 Å². The minimum Gasteiger partial charge on any atom is -0.396 e. The first-order chi connectivity index (χ1) is 13.7. The van der Waals surface area contributed by atoms with Crippen LogP contribution in [-0.4, -0.2) is 55.2 Å². The van der Waals surface area contributed by atoms with E-state index in [1.165, 1.54) is 0 Å². The molecule has 1 aliphatic rings. The summed E-state index contributed by atoms with van der Waals surface area (Å²) >= 11 is 0. The molecular weight excluding hydrogens is 354 g/mol. The van der Waals surface area contributed by atoms with E-state index in [1.807, 2.05) is 65.4 Å².